The van der Waals surface area contributed by atoms with E-state index in [-0.39, 0.29) is 41.5 Å². The Labute approximate surface area is 234 Å². The van der Waals surface area contributed by atoms with Gasteiger partial charge in [0, 0.05) is 36.7 Å². The van der Waals surface area contributed by atoms with Crippen LogP contribution in [0.25, 0.3) is 21.7 Å². The SMILES string of the molecule is Cl.N=C(N)N1CCCC(CNC(=O)[C@@H](Cc2c[nH]c3ccccc23)NS(=O)(=O)c2ccc3ccccc3c2)C1. The molecule has 1 aliphatic rings. The highest BCUT2D eigenvalue weighted by atomic mass is 35.5. The van der Waals surface area contributed by atoms with Crippen LogP contribution in [0.1, 0.15) is 18.4 Å². The first-order valence-corrected chi connectivity index (χ1v) is 14.2. The molecule has 0 bridgehead atoms. The molecule has 11 heteroatoms. The number of likely N-dealkylation sites (tertiary alicyclic amines) is 1. The molecule has 3 aromatic carbocycles. The number of piperidine rings is 1. The Morgan fingerprint density at radius 1 is 1.10 bits per heavy atom. The molecule has 206 valence electrons. The number of hydrogen-bond donors (Lipinski definition) is 5. The molecule has 1 unspecified atom stereocenters. The number of halogens is 1. The first-order chi connectivity index (χ1) is 18.3. The van der Waals surface area contributed by atoms with Crippen LogP contribution in [-0.4, -0.2) is 55.8 Å². The molecule has 0 aliphatic carbocycles. The van der Waals surface area contributed by atoms with Crippen LogP contribution in [0.3, 0.4) is 0 Å². The molecule has 9 nitrogen and oxygen atoms in total. The van der Waals surface area contributed by atoms with Crippen molar-refractivity contribution in [1.82, 2.24) is 19.9 Å². The lowest BCUT2D eigenvalue weighted by Crippen LogP contribution is -2.51. The molecule has 1 saturated heterocycles. The van der Waals surface area contributed by atoms with Crippen LogP contribution >= 0.6 is 12.4 Å². The molecule has 39 heavy (non-hydrogen) atoms. The number of aromatic nitrogens is 1. The number of sulfonamides is 1. The minimum absolute atomic E-state index is 0. The van der Waals surface area contributed by atoms with Crippen LogP contribution in [0.5, 0.6) is 0 Å². The van der Waals surface area contributed by atoms with E-state index in [0.717, 1.165) is 46.6 Å². The van der Waals surface area contributed by atoms with Gasteiger partial charge < -0.3 is 20.9 Å². The number of nitrogens with zero attached hydrogens (tertiary/aromatic N) is 1. The van der Waals surface area contributed by atoms with Crippen LogP contribution < -0.4 is 15.8 Å². The number of hydrogen-bond acceptors (Lipinski definition) is 4. The van der Waals surface area contributed by atoms with E-state index in [1.807, 2.05) is 54.7 Å². The summed E-state index contributed by atoms with van der Waals surface area (Å²) in [5.41, 5.74) is 7.43. The number of aromatic amines is 1. The highest BCUT2D eigenvalue weighted by molar-refractivity contribution is 7.89. The molecule has 0 saturated carbocycles. The van der Waals surface area contributed by atoms with Crippen molar-refractivity contribution in [2.45, 2.75) is 30.2 Å². The van der Waals surface area contributed by atoms with Crippen LogP contribution in [0.15, 0.2) is 77.8 Å². The maximum absolute atomic E-state index is 13.5. The van der Waals surface area contributed by atoms with Gasteiger partial charge in [0.15, 0.2) is 5.96 Å². The largest absolute Gasteiger partial charge is 0.370 e. The van der Waals surface area contributed by atoms with Gasteiger partial charge in [-0.05, 0) is 59.7 Å². The van der Waals surface area contributed by atoms with Crippen molar-refractivity contribution in [3.8, 4) is 0 Å². The Bertz CT molecular complexity index is 1590. The summed E-state index contributed by atoms with van der Waals surface area (Å²) in [6.45, 7) is 1.70. The van der Waals surface area contributed by atoms with E-state index in [1.54, 1.807) is 23.1 Å². The molecule has 0 spiro atoms. The van der Waals surface area contributed by atoms with E-state index < -0.39 is 16.1 Å². The molecule has 1 aliphatic heterocycles. The second-order valence-electron chi connectivity index (χ2n) is 9.83. The number of fused-ring (bicyclic) bond motifs is 2. The minimum atomic E-state index is -3.99. The summed E-state index contributed by atoms with van der Waals surface area (Å²) >= 11 is 0. The highest BCUT2D eigenvalue weighted by Gasteiger charge is 2.28. The molecule has 2 heterocycles. The first kappa shape index (κ1) is 28.4. The molecule has 1 aromatic heterocycles. The molecule has 1 amide bonds. The van der Waals surface area contributed by atoms with Crippen LogP contribution in [0, 0.1) is 11.3 Å². The third kappa shape index (κ3) is 6.52. The van der Waals surface area contributed by atoms with E-state index in [2.05, 4.69) is 15.0 Å². The zero-order valence-corrected chi connectivity index (χ0v) is 23.0. The summed E-state index contributed by atoms with van der Waals surface area (Å²) in [7, 11) is -3.99. The fourth-order valence-electron chi connectivity index (χ4n) is 5.12. The smallest absolute Gasteiger partial charge is 0.241 e. The number of nitrogens with two attached hydrogens (primary N) is 1. The Kier molecular flexibility index (Phi) is 8.79. The Hall–Kier alpha value is -3.60. The van der Waals surface area contributed by atoms with Crippen molar-refractivity contribution in [3.05, 3.63) is 78.5 Å². The molecule has 5 rings (SSSR count). The summed E-state index contributed by atoms with van der Waals surface area (Å²) in [5.74, 6) is -0.233. The second kappa shape index (κ2) is 12.1. The zero-order valence-electron chi connectivity index (χ0n) is 21.4. The number of carbonyl (C=O) groups is 1. The Balaban J connectivity index is 0.00000353. The van der Waals surface area contributed by atoms with Crippen LogP contribution in [-0.2, 0) is 21.2 Å². The number of carbonyl (C=O) groups excluding carboxylic acids is 1. The number of rotatable bonds is 8. The molecular formula is C28H33ClN6O3S. The van der Waals surface area contributed by atoms with Crippen LogP contribution in [0.2, 0.25) is 0 Å². The van der Waals surface area contributed by atoms with Crippen molar-refractivity contribution < 1.29 is 13.2 Å². The topological polar surface area (TPSA) is 144 Å². The molecule has 0 radical (unpaired) electrons. The average Bonchev–Trinajstić information content (AvgIpc) is 3.34. The van der Waals surface area contributed by atoms with Gasteiger partial charge in [0.1, 0.15) is 6.04 Å². The van der Waals surface area contributed by atoms with Gasteiger partial charge in [-0.3, -0.25) is 10.2 Å². The fraction of sp³-hybridized carbons (Fsp3) is 0.286. The summed E-state index contributed by atoms with van der Waals surface area (Å²) in [6, 6.07) is 19.2. The Morgan fingerprint density at radius 2 is 1.85 bits per heavy atom. The molecular weight excluding hydrogens is 536 g/mol. The number of amides is 1. The van der Waals surface area contributed by atoms with Gasteiger partial charge in [0.2, 0.25) is 15.9 Å². The minimum Gasteiger partial charge on any atom is -0.370 e. The van der Waals surface area contributed by atoms with Gasteiger partial charge in [-0.2, -0.15) is 4.72 Å². The van der Waals surface area contributed by atoms with Gasteiger partial charge in [-0.15, -0.1) is 12.4 Å². The van der Waals surface area contributed by atoms with Crippen molar-refractivity contribution in [2.24, 2.45) is 11.7 Å². The highest BCUT2D eigenvalue weighted by Crippen LogP contribution is 2.22. The predicted octanol–water partition coefficient (Wildman–Crippen LogP) is 3.35. The van der Waals surface area contributed by atoms with E-state index >= 15 is 0 Å². The van der Waals surface area contributed by atoms with E-state index in [0.29, 0.717) is 13.1 Å². The average molecular weight is 569 g/mol. The number of nitrogens with one attached hydrogen (secondary N) is 4. The van der Waals surface area contributed by atoms with Gasteiger partial charge in [-0.25, -0.2) is 8.42 Å². The normalized spacial score (nSPS) is 16.5. The lowest BCUT2D eigenvalue weighted by Gasteiger charge is -2.33. The van der Waals surface area contributed by atoms with Gasteiger partial charge in [0.25, 0.3) is 0 Å². The monoisotopic (exact) mass is 568 g/mol. The number of H-pyrrole nitrogens is 1. The molecule has 4 aromatic rings. The number of benzene rings is 3. The quantitative estimate of drug-likeness (QED) is 0.163. The third-order valence-corrected chi connectivity index (χ3v) is 8.64. The van der Waals surface area contributed by atoms with Gasteiger partial charge in [-0.1, -0.05) is 48.5 Å². The lowest BCUT2D eigenvalue weighted by atomic mass is 9.98. The fourth-order valence-corrected chi connectivity index (χ4v) is 6.35. The first-order valence-electron chi connectivity index (χ1n) is 12.7. The summed E-state index contributed by atoms with van der Waals surface area (Å²) in [6.07, 6.45) is 3.79. The van der Waals surface area contributed by atoms with E-state index in [4.69, 9.17) is 11.1 Å². The van der Waals surface area contributed by atoms with Crippen molar-refractivity contribution in [3.63, 3.8) is 0 Å². The maximum Gasteiger partial charge on any atom is 0.241 e. The van der Waals surface area contributed by atoms with Crippen LogP contribution in [0.4, 0.5) is 0 Å². The lowest BCUT2D eigenvalue weighted by molar-refractivity contribution is -0.122. The molecule has 2 atom stereocenters. The second-order valence-corrected chi connectivity index (χ2v) is 11.5. The van der Waals surface area contributed by atoms with Gasteiger partial charge >= 0.3 is 0 Å². The van der Waals surface area contributed by atoms with Crippen molar-refractivity contribution in [1.29, 1.82) is 5.41 Å². The predicted molar refractivity (Wildman–Crippen MR) is 157 cm³/mol. The summed E-state index contributed by atoms with van der Waals surface area (Å²) in [4.78, 5) is 18.6. The van der Waals surface area contributed by atoms with Gasteiger partial charge in [0.05, 0.1) is 4.90 Å². The zero-order chi connectivity index (χ0) is 26.7. The molecule has 1 fully saturated rings. The maximum atomic E-state index is 13.5. The Morgan fingerprint density at radius 3 is 2.64 bits per heavy atom. The summed E-state index contributed by atoms with van der Waals surface area (Å²) in [5, 5.41) is 13.4. The van der Waals surface area contributed by atoms with E-state index in [9.17, 15) is 13.2 Å². The van der Waals surface area contributed by atoms with Crippen molar-refractivity contribution in [2.75, 3.05) is 19.6 Å². The number of para-hydroxylation sites is 1. The third-order valence-electron chi connectivity index (χ3n) is 7.17. The molecule has 6 N–H and O–H groups in total. The standard InChI is InChI=1S/C28H32N6O3S.ClH/c29-28(30)34-13-5-6-19(18-34)16-32-27(35)26(15-22-17-31-25-10-4-3-9-24(22)25)33-38(36,37)23-12-11-20-7-1-2-8-21(20)14-23;/h1-4,7-12,14,17,19,26,31,33H,5-6,13,15-16,18H2,(H3,29,30)(H,32,35);1H/t19?,26-;/m1./s1. The van der Waals surface area contributed by atoms with E-state index in [1.165, 1.54) is 0 Å². The summed E-state index contributed by atoms with van der Waals surface area (Å²) < 4.78 is 29.6. The van der Waals surface area contributed by atoms with Crippen molar-refractivity contribution >= 4 is 56.0 Å². The number of guanidine groups is 1.